The molecule has 1 aliphatic heterocycles. The predicted molar refractivity (Wildman–Crippen MR) is 128 cm³/mol. The summed E-state index contributed by atoms with van der Waals surface area (Å²) in [4.78, 5) is 41.5. The molecule has 0 spiro atoms. The lowest BCUT2D eigenvalue weighted by Gasteiger charge is -2.28. The van der Waals surface area contributed by atoms with Gasteiger partial charge in [0.1, 0.15) is 0 Å². The topological polar surface area (TPSA) is 151 Å². The largest absolute Gasteiger partial charge is 0.480 e. The Kier molecular flexibility index (Phi) is 11.7. The Morgan fingerprint density at radius 1 is 0.765 bits per heavy atom. The van der Waals surface area contributed by atoms with E-state index in [2.05, 4.69) is 4.90 Å². The smallest absolute Gasteiger partial charge is 0.317 e. The molecule has 0 radical (unpaired) electrons. The number of carboxylic acids is 3. The van der Waals surface area contributed by atoms with Crippen molar-refractivity contribution in [1.29, 1.82) is 0 Å². The van der Waals surface area contributed by atoms with Crippen LogP contribution in [0.2, 0.25) is 0 Å². The zero-order chi connectivity index (χ0) is 24.9. The lowest BCUT2D eigenvalue weighted by Crippen LogP contribution is -2.43. The summed E-state index contributed by atoms with van der Waals surface area (Å²) in [5.74, 6) is -2.70. The monoisotopic (exact) mass is 479 g/mol. The van der Waals surface area contributed by atoms with Gasteiger partial charge in [-0.1, -0.05) is 12.1 Å². The number of carboxylic acid groups (broad SMARTS) is 3. The Balaban J connectivity index is 1.92. The zero-order valence-corrected chi connectivity index (χ0v) is 19.6. The van der Waals surface area contributed by atoms with Crippen molar-refractivity contribution in [2.24, 2.45) is 0 Å². The number of hydrogen-bond donors (Lipinski definition) is 4. The Bertz CT molecular complexity index is 763. The molecule has 1 aromatic rings. The normalized spacial score (nSPS) is 16.6. The second-order valence-electron chi connectivity index (χ2n) is 8.70. The maximum atomic E-state index is 11.4. The molecule has 1 aromatic carbocycles. The summed E-state index contributed by atoms with van der Waals surface area (Å²) < 4.78 is 0. The molecule has 0 unspecified atom stereocenters. The van der Waals surface area contributed by atoms with Crippen LogP contribution < -0.4 is 5.73 Å². The lowest BCUT2D eigenvalue weighted by molar-refractivity contribution is -0.140. The summed E-state index contributed by atoms with van der Waals surface area (Å²) >= 11 is 0. The number of nitrogens with zero attached hydrogens (tertiary/aromatic N) is 4. The van der Waals surface area contributed by atoms with Gasteiger partial charge in [-0.05, 0) is 37.1 Å². The summed E-state index contributed by atoms with van der Waals surface area (Å²) in [7, 11) is 0. The van der Waals surface area contributed by atoms with Crippen molar-refractivity contribution in [1.82, 2.24) is 19.6 Å². The third kappa shape index (κ3) is 11.4. The lowest BCUT2D eigenvalue weighted by atomic mass is 10.1. The van der Waals surface area contributed by atoms with Crippen LogP contribution in [0.15, 0.2) is 24.3 Å². The molecule has 0 aliphatic carbocycles. The fourth-order valence-corrected chi connectivity index (χ4v) is 4.04. The van der Waals surface area contributed by atoms with Gasteiger partial charge in [0.25, 0.3) is 0 Å². The minimum absolute atomic E-state index is 0.0497. The van der Waals surface area contributed by atoms with Crippen molar-refractivity contribution < 1.29 is 29.7 Å². The van der Waals surface area contributed by atoms with E-state index in [1.807, 2.05) is 39.0 Å². The summed E-state index contributed by atoms with van der Waals surface area (Å²) in [5.41, 5.74) is 7.59. The van der Waals surface area contributed by atoms with E-state index in [9.17, 15) is 29.7 Å². The molecule has 1 aliphatic rings. The van der Waals surface area contributed by atoms with E-state index in [0.717, 1.165) is 18.4 Å². The highest BCUT2D eigenvalue weighted by Gasteiger charge is 2.20. The number of anilines is 1. The first-order valence-electron chi connectivity index (χ1n) is 11.6. The first kappa shape index (κ1) is 27.5. The van der Waals surface area contributed by atoms with Crippen molar-refractivity contribution in [3.8, 4) is 0 Å². The summed E-state index contributed by atoms with van der Waals surface area (Å²) in [5, 5.41) is 27.7. The molecule has 1 saturated heterocycles. The van der Waals surface area contributed by atoms with E-state index < -0.39 is 17.9 Å². The van der Waals surface area contributed by atoms with Gasteiger partial charge in [0, 0.05) is 58.0 Å². The highest BCUT2D eigenvalue weighted by Crippen LogP contribution is 2.09. The molecule has 0 bridgehead atoms. The van der Waals surface area contributed by atoms with Crippen molar-refractivity contribution in [2.75, 3.05) is 84.3 Å². The molecule has 11 nitrogen and oxygen atoms in total. The molecular formula is C23H37N5O6. The van der Waals surface area contributed by atoms with Gasteiger partial charge in [0.05, 0.1) is 19.6 Å². The SMILES string of the molecule is Nc1ccc(CCCN(CCN2CCN(CC(=O)O)CCN(CC(=O)O)CC2)CC(=O)O)cc1. The Morgan fingerprint density at radius 2 is 1.26 bits per heavy atom. The summed E-state index contributed by atoms with van der Waals surface area (Å²) in [6.07, 6.45) is 1.64. The van der Waals surface area contributed by atoms with Crippen LogP contribution >= 0.6 is 0 Å². The van der Waals surface area contributed by atoms with Crippen LogP contribution in [0.4, 0.5) is 5.69 Å². The van der Waals surface area contributed by atoms with Gasteiger partial charge in [-0.3, -0.25) is 34.0 Å². The van der Waals surface area contributed by atoms with Crippen LogP contribution in [-0.4, -0.2) is 131 Å². The second-order valence-corrected chi connectivity index (χ2v) is 8.70. The van der Waals surface area contributed by atoms with Crippen molar-refractivity contribution >= 4 is 23.6 Å². The fraction of sp³-hybridized carbons (Fsp3) is 0.609. The maximum absolute atomic E-state index is 11.4. The Hall–Kier alpha value is -2.73. The van der Waals surface area contributed by atoms with Gasteiger partial charge in [-0.15, -0.1) is 0 Å². The number of carbonyl (C=O) groups is 3. The Labute approximate surface area is 200 Å². The minimum Gasteiger partial charge on any atom is -0.480 e. The van der Waals surface area contributed by atoms with Gasteiger partial charge in [0.15, 0.2) is 0 Å². The molecule has 34 heavy (non-hydrogen) atoms. The molecule has 0 atom stereocenters. The van der Waals surface area contributed by atoms with Crippen molar-refractivity contribution in [2.45, 2.75) is 12.8 Å². The number of nitrogens with two attached hydrogens (primary N) is 1. The molecule has 1 heterocycles. The van der Waals surface area contributed by atoms with Crippen LogP contribution in [0, 0.1) is 0 Å². The van der Waals surface area contributed by atoms with Crippen LogP contribution in [0.25, 0.3) is 0 Å². The third-order valence-corrected chi connectivity index (χ3v) is 5.93. The van der Waals surface area contributed by atoms with E-state index in [1.165, 1.54) is 0 Å². The summed E-state index contributed by atoms with van der Waals surface area (Å²) in [6.45, 7) is 4.96. The fourth-order valence-electron chi connectivity index (χ4n) is 4.04. The molecule has 1 fully saturated rings. The van der Waals surface area contributed by atoms with Crippen molar-refractivity contribution in [3.63, 3.8) is 0 Å². The third-order valence-electron chi connectivity index (χ3n) is 5.93. The number of benzene rings is 1. The van der Waals surface area contributed by atoms with E-state index in [4.69, 9.17) is 5.73 Å². The molecule has 190 valence electrons. The number of aryl methyl sites for hydroxylation is 1. The van der Waals surface area contributed by atoms with Gasteiger partial charge < -0.3 is 21.1 Å². The average Bonchev–Trinajstić information content (AvgIpc) is 2.84. The zero-order valence-electron chi connectivity index (χ0n) is 19.6. The van der Waals surface area contributed by atoms with Gasteiger partial charge in [-0.2, -0.15) is 0 Å². The van der Waals surface area contributed by atoms with Gasteiger partial charge in [-0.25, -0.2) is 0 Å². The first-order chi connectivity index (χ1) is 16.2. The molecule has 0 aromatic heterocycles. The quantitative estimate of drug-likeness (QED) is 0.275. The average molecular weight is 480 g/mol. The number of hydrogen-bond acceptors (Lipinski definition) is 8. The van der Waals surface area contributed by atoms with Crippen LogP contribution in [-0.2, 0) is 20.8 Å². The number of nitrogen functional groups attached to an aromatic ring is 1. The Morgan fingerprint density at radius 3 is 1.74 bits per heavy atom. The minimum atomic E-state index is -0.913. The van der Waals surface area contributed by atoms with E-state index in [1.54, 1.807) is 0 Å². The van der Waals surface area contributed by atoms with Crippen LogP contribution in [0.5, 0.6) is 0 Å². The van der Waals surface area contributed by atoms with Crippen LogP contribution in [0.1, 0.15) is 12.0 Å². The number of aliphatic carboxylic acids is 3. The molecule has 0 saturated carbocycles. The van der Waals surface area contributed by atoms with E-state index in [-0.39, 0.29) is 19.6 Å². The molecule has 0 amide bonds. The summed E-state index contributed by atoms with van der Waals surface area (Å²) in [6, 6.07) is 7.67. The molecule has 2 rings (SSSR count). The van der Waals surface area contributed by atoms with Crippen LogP contribution in [0.3, 0.4) is 0 Å². The van der Waals surface area contributed by atoms with E-state index in [0.29, 0.717) is 64.6 Å². The molecule has 11 heteroatoms. The second kappa shape index (κ2) is 14.5. The highest BCUT2D eigenvalue weighted by molar-refractivity contribution is 5.69. The first-order valence-corrected chi connectivity index (χ1v) is 11.6. The maximum Gasteiger partial charge on any atom is 0.317 e. The van der Waals surface area contributed by atoms with Crippen molar-refractivity contribution in [3.05, 3.63) is 29.8 Å². The standard InChI is InChI=1S/C23H37N5O6/c24-20-5-3-19(4-6-20)2-1-7-26(16-21(29)30)11-8-25-9-12-27(17-22(31)32)14-15-28(13-10-25)18-23(33)34/h3-6H,1-2,7-18,24H2,(H,29,30)(H,31,32)(H,33,34). The number of rotatable bonds is 13. The predicted octanol–water partition coefficient (Wildman–Crippen LogP) is -0.323. The highest BCUT2D eigenvalue weighted by atomic mass is 16.4. The van der Waals surface area contributed by atoms with Gasteiger partial charge in [0.2, 0.25) is 0 Å². The van der Waals surface area contributed by atoms with Gasteiger partial charge >= 0.3 is 17.9 Å². The molecule has 5 N–H and O–H groups in total. The van der Waals surface area contributed by atoms with E-state index >= 15 is 0 Å². The molecular weight excluding hydrogens is 442 g/mol.